The lowest BCUT2D eigenvalue weighted by Gasteiger charge is -2.14. The van der Waals surface area contributed by atoms with Gasteiger partial charge in [-0.1, -0.05) is 60.4 Å². The second-order valence-corrected chi connectivity index (χ2v) is 8.81. The third-order valence-electron chi connectivity index (χ3n) is 4.93. The van der Waals surface area contributed by atoms with Crippen LogP contribution in [-0.4, -0.2) is 40.9 Å². The summed E-state index contributed by atoms with van der Waals surface area (Å²) in [4.78, 5) is 27.0. The number of fused-ring (bicyclic) bond motifs is 1. The number of thiocarbonyl (C=S) groups is 1. The number of thioether (sulfide) groups is 1. The van der Waals surface area contributed by atoms with E-state index in [-0.39, 0.29) is 18.6 Å². The van der Waals surface area contributed by atoms with Gasteiger partial charge in [-0.3, -0.25) is 14.5 Å². The molecule has 2 aromatic rings. The van der Waals surface area contributed by atoms with E-state index in [1.165, 1.54) is 17.3 Å². The average molecular weight is 455 g/mol. The second-order valence-electron chi connectivity index (χ2n) is 7.14. The summed E-state index contributed by atoms with van der Waals surface area (Å²) in [6.07, 6.45) is 3.51. The highest BCUT2D eigenvalue weighted by atomic mass is 32.2. The van der Waals surface area contributed by atoms with Gasteiger partial charge in [-0.05, 0) is 42.2 Å². The molecule has 2 aromatic carbocycles. The molecule has 0 bridgehead atoms. The summed E-state index contributed by atoms with van der Waals surface area (Å²) in [6.45, 7) is 1.23. The predicted molar refractivity (Wildman–Crippen MR) is 125 cm³/mol. The molecule has 0 aromatic heterocycles. The van der Waals surface area contributed by atoms with Crippen LogP contribution in [0.25, 0.3) is 6.08 Å². The van der Waals surface area contributed by atoms with Crippen molar-refractivity contribution in [3.8, 4) is 11.5 Å². The quantitative estimate of drug-likeness (QED) is 0.484. The highest BCUT2D eigenvalue weighted by molar-refractivity contribution is 8.26. The van der Waals surface area contributed by atoms with Gasteiger partial charge in [0, 0.05) is 19.5 Å². The molecule has 6 nitrogen and oxygen atoms in total. The van der Waals surface area contributed by atoms with Crippen LogP contribution in [0.15, 0.2) is 53.4 Å². The molecular weight excluding hydrogens is 432 g/mol. The lowest BCUT2D eigenvalue weighted by molar-refractivity contribution is -0.123. The number of benzene rings is 2. The van der Waals surface area contributed by atoms with Crippen LogP contribution in [0, 0.1) is 0 Å². The molecule has 0 atom stereocenters. The zero-order valence-electron chi connectivity index (χ0n) is 16.8. The first-order valence-corrected chi connectivity index (χ1v) is 11.3. The van der Waals surface area contributed by atoms with Crippen LogP contribution in [0.1, 0.15) is 24.0 Å². The zero-order chi connectivity index (χ0) is 21.6. The van der Waals surface area contributed by atoms with Crippen molar-refractivity contribution < 1.29 is 19.1 Å². The van der Waals surface area contributed by atoms with Crippen molar-refractivity contribution in [1.82, 2.24) is 10.2 Å². The normalized spacial score (nSPS) is 16.3. The Kier molecular flexibility index (Phi) is 6.89. The summed E-state index contributed by atoms with van der Waals surface area (Å²) >= 11 is 6.65. The van der Waals surface area contributed by atoms with Gasteiger partial charge in [0.05, 0.1) is 4.91 Å². The first-order chi connectivity index (χ1) is 15.1. The molecular formula is C23H22N2O4S2. The van der Waals surface area contributed by atoms with E-state index in [1.54, 1.807) is 11.0 Å². The number of nitrogens with one attached hydrogen (secondary N) is 1. The van der Waals surface area contributed by atoms with Crippen molar-refractivity contribution in [1.29, 1.82) is 0 Å². The maximum Gasteiger partial charge on any atom is 0.266 e. The van der Waals surface area contributed by atoms with Gasteiger partial charge < -0.3 is 14.8 Å². The predicted octanol–water partition coefficient (Wildman–Crippen LogP) is 3.76. The van der Waals surface area contributed by atoms with E-state index in [4.69, 9.17) is 21.7 Å². The molecule has 1 saturated heterocycles. The van der Waals surface area contributed by atoms with E-state index in [9.17, 15) is 9.59 Å². The molecule has 2 aliphatic heterocycles. The van der Waals surface area contributed by atoms with Crippen molar-refractivity contribution in [2.24, 2.45) is 0 Å². The first kappa shape index (κ1) is 21.4. The molecule has 0 radical (unpaired) electrons. The van der Waals surface area contributed by atoms with Gasteiger partial charge in [-0.15, -0.1) is 0 Å². The lowest BCUT2D eigenvalue weighted by Crippen LogP contribution is -2.31. The molecule has 2 amide bonds. The van der Waals surface area contributed by atoms with E-state index >= 15 is 0 Å². The fourth-order valence-electron chi connectivity index (χ4n) is 3.32. The van der Waals surface area contributed by atoms with Crippen LogP contribution in [-0.2, 0) is 16.0 Å². The van der Waals surface area contributed by atoms with Crippen molar-refractivity contribution in [3.05, 3.63) is 64.6 Å². The topological polar surface area (TPSA) is 67.9 Å². The molecule has 0 saturated carbocycles. The van der Waals surface area contributed by atoms with Crippen LogP contribution >= 0.6 is 24.0 Å². The molecule has 0 spiro atoms. The van der Waals surface area contributed by atoms with Crippen LogP contribution in [0.4, 0.5) is 0 Å². The minimum Gasteiger partial charge on any atom is -0.454 e. The van der Waals surface area contributed by atoms with Crippen molar-refractivity contribution in [3.63, 3.8) is 0 Å². The Morgan fingerprint density at radius 1 is 1.16 bits per heavy atom. The monoisotopic (exact) mass is 454 g/mol. The van der Waals surface area contributed by atoms with E-state index in [1.807, 2.05) is 48.5 Å². The molecule has 1 fully saturated rings. The standard InChI is InChI=1S/C23H22N2O4S2/c26-21(24-11-10-16-5-2-1-3-6-16)7-4-12-25-22(27)20(31-23(25)30)14-17-8-9-18-19(13-17)29-15-28-18/h1-3,5-6,8-9,13-14H,4,7,10-12,15H2,(H,24,26). The average Bonchev–Trinajstić information content (AvgIpc) is 3.34. The third-order valence-corrected chi connectivity index (χ3v) is 6.31. The van der Waals surface area contributed by atoms with Gasteiger partial charge in [0.15, 0.2) is 11.5 Å². The highest BCUT2D eigenvalue weighted by Crippen LogP contribution is 2.36. The smallest absolute Gasteiger partial charge is 0.266 e. The maximum absolute atomic E-state index is 12.8. The highest BCUT2D eigenvalue weighted by Gasteiger charge is 2.31. The largest absolute Gasteiger partial charge is 0.454 e. The summed E-state index contributed by atoms with van der Waals surface area (Å²) in [5.74, 6) is 1.23. The van der Waals surface area contributed by atoms with Gasteiger partial charge in [0.25, 0.3) is 5.91 Å². The van der Waals surface area contributed by atoms with Crippen LogP contribution in [0.2, 0.25) is 0 Å². The minimum atomic E-state index is -0.128. The fraction of sp³-hybridized carbons (Fsp3) is 0.261. The van der Waals surface area contributed by atoms with Gasteiger partial charge >= 0.3 is 0 Å². The summed E-state index contributed by atoms with van der Waals surface area (Å²) < 4.78 is 11.2. The van der Waals surface area contributed by atoms with Crippen LogP contribution in [0.3, 0.4) is 0 Å². The summed E-state index contributed by atoms with van der Waals surface area (Å²) in [5.41, 5.74) is 2.04. The van der Waals surface area contributed by atoms with Crippen molar-refractivity contribution in [2.45, 2.75) is 19.3 Å². The fourth-order valence-corrected chi connectivity index (χ4v) is 4.63. The Bertz CT molecular complexity index is 1020. The SMILES string of the molecule is O=C(CCCN1C(=O)C(=Cc2ccc3c(c2)OCO3)SC1=S)NCCc1ccccc1. The first-order valence-electron chi connectivity index (χ1n) is 10.1. The second kappa shape index (κ2) is 9.98. The van der Waals surface area contributed by atoms with Crippen molar-refractivity contribution in [2.75, 3.05) is 19.9 Å². The molecule has 1 N–H and O–H groups in total. The van der Waals surface area contributed by atoms with E-state index in [0.717, 1.165) is 12.0 Å². The number of amides is 2. The molecule has 0 unspecified atom stereocenters. The number of hydrogen-bond acceptors (Lipinski definition) is 6. The van der Waals surface area contributed by atoms with E-state index in [2.05, 4.69) is 5.32 Å². The molecule has 31 heavy (non-hydrogen) atoms. The Labute approximate surface area is 190 Å². The van der Waals surface area contributed by atoms with Gasteiger partial charge in [0.2, 0.25) is 12.7 Å². The Balaban J connectivity index is 1.24. The molecule has 4 rings (SSSR count). The Morgan fingerprint density at radius 2 is 1.97 bits per heavy atom. The number of ether oxygens (including phenoxy) is 2. The molecule has 2 aliphatic rings. The number of nitrogens with zero attached hydrogens (tertiary/aromatic N) is 1. The molecule has 0 aliphatic carbocycles. The summed E-state index contributed by atoms with van der Waals surface area (Å²) in [6, 6.07) is 15.6. The summed E-state index contributed by atoms with van der Waals surface area (Å²) in [7, 11) is 0. The number of carbonyl (C=O) groups excluding carboxylic acids is 2. The maximum atomic E-state index is 12.8. The van der Waals surface area contributed by atoms with Crippen LogP contribution < -0.4 is 14.8 Å². The lowest BCUT2D eigenvalue weighted by atomic mass is 10.1. The third kappa shape index (κ3) is 5.45. The van der Waals surface area contributed by atoms with Crippen LogP contribution in [0.5, 0.6) is 11.5 Å². The zero-order valence-corrected chi connectivity index (χ0v) is 18.5. The number of rotatable bonds is 8. The molecule has 160 valence electrons. The van der Waals surface area contributed by atoms with Crippen molar-refractivity contribution >= 4 is 46.2 Å². The molecule has 8 heteroatoms. The number of hydrogen-bond donors (Lipinski definition) is 1. The van der Waals surface area contributed by atoms with Gasteiger partial charge in [-0.25, -0.2) is 0 Å². The van der Waals surface area contributed by atoms with Gasteiger partial charge in [-0.2, -0.15) is 0 Å². The summed E-state index contributed by atoms with van der Waals surface area (Å²) in [5, 5.41) is 2.93. The minimum absolute atomic E-state index is 0.0164. The Morgan fingerprint density at radius 3 is 2.81 bits per heavy atom. The van der Waals surface area contributed by atoms with E-state index in [0.29, 0.717) is 46.7 Å². The number of carbonyl (C=O) groups is 2. The molecule has 2 heterocycles. The van der Waals surface area contributed by atoms with Gasteiger partial charge in [0.1, 0.15) is 4.32 Å². The van der Waals surface area contributed by atoms with E-state index < -0.39 is 0 Å². The Hall–Kier alpha value is -2.84.